The second-order valence-electron chi connectivity index (χ2n) is 4.43. The van der Waals surface area contributed by atoms with Crippen molar-refractivity contribution in [2.24, 2.45) is 5.73 Å². The number of rotatable bonds is 1. The number of nitrogens with two attached hydrogens (primary N) is 1. The van der Waals surface area contributed by atoms with Gasteiger partial charge in [-0.1, -0.05) is 12.1 Å². The number of hydrogen-bond acceptors (Lipinski definition) is 3. The summed E-state index contributed by atoms with van der Waals surface area (Å²) < 4.78 is 26.8. The van der Waals surface area contributed by atoms with E-state index in [4.69, 9.17) is 5.73 Å². The summed E-state index contributed by atoms with van der Waals surface area (Å²) in [6, 6.07) is 4.25. The van der Waals surface area contributed by atoms with Crippen molar-refractivity contribution in [3.05, 3.63) is 35.4 Å². The molecule has 1 aliphatic heterocycles. The van der Waals surface area contributed by atoms with Crippen molar-refractivity contribution in [3.8, 4) is 0 Å². The minimum atomic E-state index is -0.793. The summed E-state index contributed by atoms with van der Waals surface area (Å²) in [5.74, 6) is -1.59. The van der Waals surface area contributed by atoms with Crippen LogP contribution in [0.2, 0.25) is 0 Å². The lowest BCUT2D eigenvalue weighted by Gasteiger charge is -2.16. The predicted octanol–water partition coefficient (Wildman–Crippen LogP) is 2.02. The third kappa shape index (κ3) is 2.78. The molecule has 1 aromatic rings. The van der Waals surface area contributed by atoms with Gasteiger partial charge in [0.1, 0.15) is 0 Å². The highest BCUT2D eigenvalue weighted by Crippen LogP contribution is 2.28. The molecule has 1 aliphatic rings. The lowest BCUT2D eigenvalue weighted by atomic mass is 9.93. The van der Waals surface area contributed by atoms with E-state index in [1.807, 2.05) is 0 Å². The molecular weight excluding hydrogens is 242 g/mol. The van der Waals surface area contributed by atoms with E-state index in [9.17, 15) is 8.78 Å². The molecule has 0 saturated carbocycles. The number of benzene rings is 1. The highest BCUT2D eigenvalue weighted by molar-refractivity contribution is 7.81. The monoisotopic (exact) mass is 258 g/mol. The van der Waals surface area contributed by atoms with E-state index in [0.29, 0.717) is 12.1 Å². The third-order valence-electron chi connectivity index (χ3n) is 3.25. The molecular formula is C12H16F2N2S. The van der Waals surface area contributed by atoms with Crippen LogP contribution < -0.4 is 11.1 Å². The van der Waals surface area contributed by atoms with Crippen LogP contribution in [0.5, 0.6) is 0 Å². The van der Waals surface area contributed by atoms with Gasteiger partial charge in [0, 0.05) is 12.6 Å². The second-order valence-corrected chi connectivity index (χ2v) is 4.99. The number of nitrogens with one attached hydrogen (secondary N) is 1. The molecule has 0 aliphatic carbocycles. The van der Waals surface area contributed by atoms with Gasteiger partial charge in [-0.25, -0.2) is 8.78 Å². The van der Waals surface area contributed by atoms with Gasteiger partial charge in [0.2, 0.25) is 0 Å². The van der Waals surface area contributed by atoms with E-state index in [1.54, 1.807) is 6.07 Å². The SMILES string of the molecule is N[C@@H]1CC[C@@H](c2cccc(F)c2F)CNC1S. The van der Waals surface area contributed by atoms with E-state index >= 15 is 0 Å². The molecule has 17 heavy (non-hydrogen) atoms. The quantitative estimate of drug-likeness (QED) is 0.674. The van der Waals surface area contributed by atoms with Crippen LogP contribution in [0.1, 0.15) is 24.3 Å². The average molecular weight is 258 g/mol. The van der Waals surface area contributed by atoms with Crippen LogP contribution in [0, 0.1) is 11.6 Å². The Bertz CT molecular complexity index is 388. The molecule has 2 rings (SSSR count). The Hall–Kier alpha value is -0.650. The molecule has 5 heteroatoms. The number of halogens is 2. The van der Waals surface area contributed by atoms with Gasteiger partial charge in [-0.3, -0.25) is 0 Å². The van der Waals surface area contributed by atoms with Crippen LogP contribution in [0.4, 0.5) is 8.78 Å². The molecule has 94 valence electrons. The zero-order valence-corrected chi connectivity index (χ0v) is 10.3. The third-order valence-corrected chi connectivity index (χ3v) is 3.81. The number of thiol groups is 1. The topological polar surface area (TPSA) is 38.0 Å². The Morgan fingerprint density at radius 1 is 1.29 bits per heavy atom. The fourth-order valence-electron chi connectivity index (χ4n) is 2.17. The first-order valence-electron chi connectivity index (χ1n) is 5.70. The molecule has 1 aromatic carbocycles. The van der Waals surface area contributed by atoms with Crippen molar-refractivity contribution in [1.82, 2.24) is 5.32 Å². The first-order valence-corrected chi connectivity index (χ1v) is 6.22. The Labute approximate surface area is 105 Å². The maximum absolute atomic E-state index is 13.7. The van der Waals surface area contributed by atoms with Crippen LogP contribution in [0.3, 0.4) is 0 Å². The molecule has 0 amide bonds. The summed E-state index contributed by atoms with van der Waals surface area (Å²) in [4.78, 5) is 0. The fourth-order valence-corrected chi connectivity index (χ4v) is 2.42. The highest BCUT2D eigenvalue weighted by Gasteiger charge is 2.25. The van der Waals surface area contributed by atoms with Crippen molar-refractivity contribution in [2.45, 2.75) is 30.2 Å². The Kier molecular flexibility index (Phi) is 4.01. The smallest absolute Gasteiger partial charge is 0.162 e. The van der Waals surface area contributed by atoms with Gasteiger partial charge in [0.25, 0.3) is 0 Å². The predicted molar refractivity (Wildman–Crippen MR) is 67.1 cm³/mol. The molecule has 1 heterocycles. The summed E-state index contributed by atoms with van der Waals surface area (Å²) in [6.45, 7) is 0.572. The standard InChI is InChI=1S/C12H16F2N2S/c13-9-3-1-2-8(11(9)14)7-4-5-10(15)12(17)16-6-7/h1-3,7,10,12,16-17H,4-6,15H2/t7-,10-,12?/m1/s1. The summed E-state index contributed by atoms with van der Waals surface area (Å²) in [5.41, 5.74) is 6.30. The van der Waals surface area contributed by atoms with Gasteiger partial charge < -0.3 is 11.1 Å². The normalized spacial score (nSPS) is 30.0. The second kappa shape index (κ2) is 5.33. The minimum absolute atomic E-state index is 0.0473. The van der Waals surface area contributed by atoms with E-state index in [1.165, 1.54) is 6.07 Å². The van der Waals surface area contributed by atoms with Crippen molar-refractivity contribution in [1.29, 1.82) is 0 Å². The van der Waals surface area contributed by atoms with Crippen LogP contribution in [0.15, 0.2) is 18.2 Å². The van der Waals surface area contributed by atoms with Crippen molar-refractivity contribution < 1.29 is 8.78 Å². The highest BCUT2D eigenvalue weighted by atomic mass is 32.1. The molecule has 0 aromatic heterocycles. The zero-order valence-electron chi connectivity index (χ0n) is 9.37. The van der Waals surface area contributed by atoms with Crippen LogP contribution in [-0.4, -0.2) is 18.0 Å². The molecule has 1 fully saturated rings. The molecule has 0 spiro atoms. The summed E-state index contributed by atoms with van der Waals surface area (Å²) in [7, 11) is 0. The minimum Gasteiger partial charge on any atom is -0.326 e. The Morgan fingerprint density at radius 3 is 2.82 bits per heavy atom. The van der Waals surface area contributed by atoms with E-state index < -0.39 is 11.6 Å². The van der Waals surface area contributed by atoms with Gasteiger partial charge in [0.05, 0.1) is 5.37 Å². The lowest BCUT2D eigenvalue weighted by Crippen LogP contribution is -2.39. The van der Waals surface area contributed by atoms with Gasteiger partial charge >= 0.3 is 0 Å². The molecule has 0 radical (unpaired) electrons. The lowest BCUT2D eigenvalue weighted by molar-refractivity contribution is 0.478. The maximum atomic E-state index is 13.7. The van der Waals surface area contributed by atoms with E-state index in [-0.39, 0.29) is 17.3 Å². The average Bonchev–Trinajstić information content (AvgIpc) is 2.47. The van der Waals surface area contributed by atoms with Crippen LogP contribution >= 0.6 is 12.6 Å². The fraction of sp³-hybridized carbons (Fsp3) is 0.500. The molecule has 0 bridgehead atoms. The van der Waals surface area contributed by atoms with Gasteiger partial charge in [-0.15, -0.1) is 0 Å². The van der Waals surface area contributed by atoms with Crippen molar-refractivity contribution >= 4 is 12.6 Å². The van der Waals surface area contributed by atoms with Gasteiger partial charge in [-0.05, 0) is 30.4 Å². The van der Waals surface area contributed by atoms with Crippen molar-refractivity contribution in [2.75, 3.05) is 6.54 Å². The molecule has 2 nitrogen and oxygen atoms in total. The van der Waals surface area contributed by atoms with Gasteiger partial charge in [-0.2, -0.15) is 12.6 Å². The van der Waals surface area contributed by atoms with E-state index in [0.717, 1.165) is 18.9 Å². The van der Waals surface area contributed by atoms with E-state index in [2.05, 4.69) is 17.9 Å². The summed E-state index contributed by atoms with van der Waals surface area (Å²) >= 11 is 4.32. The van der Waals surface area contributed by atoms with Gasteiger partial charge in [0.15, 0.2) is 11.6 Å². The Balaban J connectivity index is 2.20. The Morgan fingerprint density at radius 2 is 2.06 bits per heavy atom. The maximum Gasteiger partial charge on any atom is 0.162 e. The largest absolute Gasteiger partial charge is 0.326 e. The first kappa shape index (κ1) is 12.8. The molecule has 3 N–H and O–H groups in total. The first-order chi connectivity index (χ1) is 8.09. The molecule has 3 atom stereocenters. The van der Waals surface area contributed by atoms with Crippen LogP contribution in [-0.2, 0) is 0 Å². The van der Waals surface area contributed by atoms with Crippen LogP contribution in [0.25, 0.3) is 0 Å². The zero-order chi connectivity index (χ0) is 12.4. The summed E-state index contributed by atoms with van der Waals surface area (Å²) in [6.07, 6.45) is 1.49. The molecule has 1 saturated heterocycles. The number of hydrogen-bond donors (Lipinski definition) is 3. The summed E-state index contributed by atoms with van der Waals surface area (Å²) in [5, 5.41) is 3.05. The molecule has 1 unspecified atom stereocenters. The van der Waals surface area contributed by atoms with Crippen molar-refractivity contribution in [3.63, 3.8) is 0 Å².